The van der Waals surface area contributed by atoms with Gasteiger partial charge in [-0.15, -0.1) is 0 Å². The molecule has 72 heavy (non-hydrogen) atoms. The van der Waals surface area contributed by atoms with E-state index in [2.05, 4.69) is 108 Å². The van der Waals surface area contributed by atoms with E-state index in [4.69, 9.17) is 42.6 Å². The van der Waals surface area contributed by atoms with Crippen molar-refractivity contribution in [3.63, 3.8) is 0 Å². The number of carbonyl (C=O) groups excluding carboxylic acids is 2. The van der Waals surface area contributed by atoms with E-state index in [1.54, 1.807) is 36.4 Å². The zero-order valence-corrected chi connectivity index (χ0v) is 46.3. The van der Waals surface area contributed by atoms with Gasteiger partial charge < -0.3 is 50.8 Å². The SMILES string of the molecule is C.CC(C)N1CCN(c2ccc(Nc3nc(N)c(C(=O)c4ccc5c(c4)OCO5)s3)cc2)CC1.CCSC(N)=NC(=S)Nc1ccc(N2CCN(C(C)C)CC2)cc1.O=C(CBr)c1ccc2c(c1)OCO2.P. The summed E-state index contributed by atoms with van der Waals surface area (Å²) in [6.45, 7) is 20.0. The number of halogens is 1. The highest BCUT2D eigenvalue weighted by Crippen LogP contribution is 2.36. The largest absolute Gasteiger partial charge is 0.454 e. The van der Waals surface area contributed by atoms with E-state index in [9.17, 15) is 9.59 Å². The van der Waals surface area contributed by atoms with E-state index in [-0.39, 0.29) is 48.3 Å². The van der Waals surface area contributed by atoms with Crippen LogP contribution < -0.4 is 50.8 Å². The van der Waals surface area contributed by atoms with Gasteiger partial charge in [0.05, 0.1) is 5.33 Å². The van der Waals surface area contributed by atoms with Crippen molar-refractivity contribution < 1.29 is 28.5 Å². The number of nitrogens with zero attached hydrogens (tertiary/aromatic N) is 6. The van der Waals surface area contributed by atoms with Gasteiger partial charge in [0.25, 0.3) is 0 Å². The van der Waals surface area contributed by atoms with Crippen molar-refractivity contribution >= 4 is 117 Å². The van der Waals surface area contributed by atoms with Crippen LogP contribution >= 0.6 is 61.1 Å². The fraction of sp³-hybridized carbons (Fsp3) is 0.392. The van der Waals surface area contributed by atoms with Gasteiger partial charge in [-0.05, 0) is 131 Å². The molecule has 9 rings (SSSR count). The number of hydrogen-bond donors (Lipinski definition) is 4. The molecule has 4 aliphatic heterocycles. The zero-order chi connectivity index (χ0) is 49.7. The summed E-state index contributed by atoms with van der Waals surface area (Å²) in [6.07, 6.45) is 0. The van der Waals surface area contributed by atoms with Gasteiger partial charge in [0, 0.05) is 98.3 Å². The molecule has 0 saturated carbocycles. The first-order chi connectivity index (χ1) is 33.8. The Morgan fingerprint density at radius 1 is 0.750 bits per heavy atom. The number of aliphatic imine (C=N–C) groups is 1. The maximum atomic E-state index is 13.0. The first kappa shape index (κ1) is 57.7. The number of nitrogens with one attached hydrogen (secondary N) is 2. The Hall–Kier alpha value is -5.21. The van der Waals surface area contributed by atoms with Crippen LogP contribution in [0.2, 0.25) is 0 Å². The van der Waals surface area contributed by atoms with Crippen molar-refractivity contribution in [1.82, 2.24) is 14.8 Å². The minimum Gasteiger partial charge on any atom is -0.454 e. The van der Waals surface area contributed by atoms with Crippen LogP contribution in [0.25, 0.3) is 0 Å². The lowest BCUT2D eigenvalue weighted by atomic mass is 10.1. The molecule has 5 heterocycles. The van der Waals surface area contributed by atoms with Crippen molar-refractivity contribution in [3.05, 3.63) is 101 Å². The fourth-order valence-corrected chi connectivity index (χ4v) is 9.84. The minimum atomic E-state index is -0.188. The van der Waals surface area contributed by atoms with Gasteiger partial charge >= 0.3 is 0 Å². The molecule has 0 aliphatic carbocycles. The Bertz CT molecular complexity index is 2610. The smallest absolute Gasteiger partial charge is 0.231 e. The number of benzene rings is 4. The highest BCUT2D eigenvalue weighted by molar-refractivity contribution is 9.09. The lowest BCUT2D eigenvalue weighted by Gasteiger charge is -2.38. The number of nitrogen functional groups attached to an aromatic ring is 1. The summed E-state index contributed by atoms with van der Waals surface area (Å²) in [5.41, 5.74) is 17.3. The van der Waals surface area contributed by atoms with E-state index in [1.807, 2.05) is 31.2 Å². The molecule has 1 atom stereocenters. The quantitative estimate of drug-likeness (QED) is 0.0231. The molecule has 0 spiro atoms. The first-order valence-corrected chi connectivity index (χ1v) is 26.5. The summed E-state index contributed by atoms with van der Waals surface area (Å²) >= 11 is 11.0. The van der Waals surface area contributed by atoms with Crippen molar-refractivity contribution in [1.29, 1.82) is 0 Å². The van der Waals surface area contributed by atoms with Crippen LogP contribution in [0.15, 0.2) is 89.9 Å². The van der Waals surface area contributed by atoms with Crippen molar-refractivity contribution in [2.45, 2.75) is 54.1 Å². The van der Waals surface area contributed by atoms with Gasteiger partial charge in [-0.1, -0.05) is 53.4 Å². The molecule has 0 radical (unpaired) electrons. The number of nitrogens with two attached hydrogens (primary N) is 2. The van der Waals surface area contributed by atoms with Crippen LogP contribution in [0.1, 0.15) is 67.6 Å². The number of anilines is 6. The van der Waals surface area contributed by atoms with Gasteiger partial charge in [0.1, 0.15) is 10.7 Å². The van der Waals surface area contributed by atoms with Crippen LogP contribution in [0.5, 0.6) is 23.0 Å². The third kappa shape index (κ3) is 15.7. The van der Waals surface area contributed by atoms with Crippen LogP contribution in [-0.2, 0) is 0 Å². The fourth-order valence-electron chi connectivity index (χ4n) is 7.92. The molecular formula is C51H68BrN10O6PS3. The van der Waals surface area contributed by atoms with Crippen LogP contribution in [0, 0.1) is 0 Å². The Morgan fingerprint density at radius 3 is 1.71 bits per heavy atom. The Kier molecular flexibility index (Phi) is 22.2. The normalized spacial score (nSPS) is 15.1. The first-order valence-electron chi connectivity index (χ1n) is 23.2. The Balaban J connectivity index is 0.000000216. The molecule has 2 fully saturated rings. The number of amidine groups is 1. The number of thiocarbonyl (C=S) groups is 1. The van der Waals surface area contributed by atoms with Crippen molar-refractivity contribution in [2.24, 2.45) is 10.7 Å². The second-order valence-corrected chi connectivity index (χ2v) is 20.3. The van der Waals surface area contributed by atoms with Gasteiger partial charge in [0.2, 0.25) is 19.4 Å². The third-order valence-electron chi connectivity index (χ3n) is 11.9. The average molecular weight is 1120 g/mol. The number of Topliss-reactive ketones (excluding diaryl/α,β-unsaturated/α-hetero) is 1. The zero-order valence-electron chi connectivity index (χ0n) is 40.8. The van der Waals surface area contributed by atoms with E-state index in [0.29, 0.717) is 71.8 Å². The summed E-state index contributed by atoms with van der Waals surface area (Å²) in [5.74, 6) is 3.49. The Labute approximate surface area is 449 Å². The number of rotatable bonds is 12. The number of alkyl halides is 1. The second kappa shape index (κ2) is 27.7. The van der Waals surface area contributed by atoms with Crippen LogP contribution in [-0.4, -0.2) is 126 Å². The average Bonchev–Trinajstić information content (AvgIpc) is 4.14. The molecular weight excluding hydrogens is 1060 g/mol. The molecule has 6 N–H and O–H groups in total. The van der Waals surface area contributed by atoms with E-state index in [1.165, 1.54) is 34.5 Å². The van der Waals surface area contributed by atoms with Crippen LogP contribution in [0.4, 0.5) is 33.7 Å². The summed E-state index contributed by atoms with van der Waals surface area (Å²) in [6, 6.07) is 28.1. The van der Waals surface area contributed by atoms with Crippen molar-refractivity contribution in [3.8, 4) is 23.0 Å². The maximum absolute atomic E-state index is 13.0. The van der Waals surface area contributed by atoms with E-state index < -0.39 is 0 Å². The number of hydrogen-bond acceptors (Lipinski definition) is 16. The molecule has 21 heteroatoms. The van der Waals surface area contributed by atoms with Gasteiger partial charge in [-0.25, -0.2) is 4.98 Å². The second-order valence-electron chi connectivity index (χ2n) is 17.0. The van der Waals surface area contributed by atoms with Crippen LogP contribution in [0.3, 0.4) is 0 Å². The Morgan fingerprint density at radius 2 is 1.22 bits per heavy atom. The molecule has 388 valence electrons. The molecule has 0 bridgehead atoms. The number of aromatic nitrogens is 1. The number of thioether (sulfide) groups is 1. The third-order valence-corrected chi connectivity index (χ3v) is 14.2. The molecule has 4 aliphatic rings. The van der Waals surface area contributed by atoms with Gasteiger partial charge in [-0.2, -0.15) is 14.9 Å². The molecule has 2 saturated heterocycles. The predicted molar refractivity (Wildman–Crippen MR) is 311 cm³/mol. The highest BCUT2D eigenvalue weighted by atomic mass is 79.9. The summed E-state index contributed by atoms with van der Waals surface area (Å²) in [4.78, 5) is 43.0. The molecule has 1 unspecified atom stereocenters. The molecule has 16 nitrogen and oxygen atoms in total. The summed E-state index contributed by atoms with van der Waals surface area (Å²) in [7, 11) is 0. The lowest BCUT2D eigenvalue weighted by molar-refractivity contribution is 0.102. The predicted octanol–water partition coefficient (Wildman–Crippen LogP) is 9.63. The molecule has 4 aromatic carbocycles. The monoisotopic (exact) mass is 1120 g/mol. The maximum Gasteiger partial charge on any atom is 0.231 e. The summed E-state index contributed by atoms with van der Waals surface area (Å²) < 4.78 is 20.9. The molecule has 0 amide bonds. The number of fused-ring (bicyclic) bond motifs is 2. The van der Waals surface area contributed by atoms with E-state index in [0.717, 1.165) is 69.5 Å². The van der Waals surface area contributed by atoms with Gasteiger partial charge in [-0.3, -0.25) is 19.4 Å². The minimum absolute atomic E-state index is 0. The summed E-state index contributed by atoms with van der Waals surface area (Å²) in [5, 5.41) is 8.17. The molecule has 5 aromatic rings. The number of ether oxygens (including phenoxy) is 4. The highest BCUT2D eigenvalue weighted by Gasteiger charge is 2.23. The van der Waals surface area contributed by atoms with E-state index >= 15 is 0 Å². The lowest BCUT2D eigenvalue weighted by Crippen LogP contribution is -2.48. The number of piperazine rings is 2. The number of ketones is 2. The topological polar surface area (TPSA) is 185 Å². The van der Waals surface area contributed by atoms with Gasteiger partial charge in [0.15, 0.2) is 44.2 Å². The number of carbonyl (C=O) groups is 2. The van der Waals surface area contributed by atoms with Crippen molar-refractivity contribution in [2.75, 3.05) is 103 Å². The number of thiazole rings is 1. The molecule has 1 aromatic heterocycles. The standard InChI is InChI=1S/C24H27N5O3S.C17H27N5S2.C9H7BrO3.CH4.H3P/c1-15(2)28-9-11-29(12-10-28)18-6-4-17(5-7-18)26-24-27-23(25)22(33-24)21(30)16-3-8-19-20(13-16)32-14-31-19;1-4-24-16(18)20-17(23)19-14-5-7-15(8-6-14)22-11-9-21(10-12-22)13(2)3;10-4-7(11)6-1-2-8-9(3-6)13-5-12-8;;/h3-8,13,15H,9-12,14,25H2,1-2H3,(H,26,27);5-8,13H,4,9-12H2,1-3H3,(H3,18,19,20,23);1-3H,4-5H2;1H4;1H3.